The number of aliphatic hydroxyl groups excluding tert-OH is 1. The second-order valence-electron chi connectivity index (χ2n) is 4.43. The van der Waals surface area contributed by atoms with Gasteiger partial charge < -0.3 is 15.1 Å². The number of nitrogens with zero attached hydrogens (tertiary/aromatic N) is 1. The second kappa shape index (κ2) is 3.28. The molecule has 0 aromatic carbocycles. The molecule has 2 heterocycles. The number of fused-ring (bicyclic) bond motifs is 1. The molecule has 2 N–H and O–H groups in total. The zero-order valence-electron chi connectivity index (χ0n) is 8.95. The largest absolute Gasteiger partial charge is 0.479 e. The molecular weight excluding hydrogens is 214 g/mol. The Morgan fingerprint density at radius 2 is 2.00 bits per heavy atom. The number of hydrogen-bond donors (Lipinski definition) is 2. The molecule has 0 aromatic rings. The summed E-state index contributed by atoms with van der Waals surface area (Å²) in [6.45, 7) is 3.08. The molecule has 0 aliphatic carbocycles. The number of aliphatic hydroxyl groups is 1. The van der Waals surface area contributed by atoms with E-state index in [2.05, 4.69) is 0 Å². The Balaban J connectivity index is 2.32. The lowest BCUT2D eigenvalue weighted by Gasteiger charge is -2.46. The average Bonchev–Trinajstić information content (AvgIpc) is 2.38. The fourth-order valence-electron chi connectivity index (χ4n) is 2.69. The van der Waals surface area contributed by atoms with Crippen molar-refractivity contribution in [3.8, 4) is 0 Å². The summed E-state index contributed by atoms with van der Waals surface area (Å²) >= 11 is 0. The third-order valence-corrected chi connectivity index (χ3v) is 3.49. The van der Waals surface area contributed by atoms with Gasteiger partial charge >= 0.3 is 5.97 Å². The molecule has 16 heavy (non-hydrogen) atoms. The number of ketones is 1. The number of hydrogen-bond acceptors (Lipinski definition) is 4. The lowest BCUT2D eigenvalue weighted by atomic mass is 9.79. The van der Waals surface area contributed by atoms with Crippen LogP contribution in [0.3, 0.4) is 0 Å². The molecule has 2 aliphatic heterocycles. The minimum atomic E-state index is -1.36. The molecule has 0 radical (unpaired) electrons. The molecule has 0 spiro atoms. The summed E-state index contributed by atoms with van der Waals surface area (Å²) < 4.78 is 0. The van der Waals surface area contributed by atoms with Gasteiger partial charge in [0, 0.05) is 5.92 Å². The van der Waals surface area contributed by atoms with Crippen molar-refractivity contribution in [2.75, 3.05) is 0 Å². The Morgan fingerprint density at radius 3 is 2.44 bits per heavy atom. The number of rotatable bonds is 2. The molecule has 1 amide bonds. The molecule has 2 saturated heterocycles. The van der Waals surface area contributed by atoms with Crippen LogP contribution in [0.1, 0.15) is 13.8 Å². The van der Waals surface area contributed by atoms with Gasteiger partial charge in [0.2, 0.25) is 5.91 Å². The van der Waals surface area contributed by atoms with Crippen LogP contribution in [0.4, 0.5) is 0 Å². The zero-order valence-corrected chi connectivity index (χ0v) is 8.95. The highest BCUT2D eigenvalue weighted by atomic mass is 16.4. The van der Waals surface area contributed by atoms with Gasteiger partial charge in [0.05, 0.1) is 18.1 Å². The standard InChI is InChI=1S/C10H13NO5/c1-3-6-5(4(2)12)9(14)11(6)7(8(3)13)10(15)16/h3-7,12H,1-2H3,(H,15,16)/t3-,4-,5+,6-,7?/m1/s1. The molecule has 5 atom stereocenters. The van der Waals surface area contributed by atoms with Gasteiger partial charge in [-0.2, -0.15) is 0 Å². The first kappa shape index (κ1) is 11.1. The van der Waals surface area contributed by atoms with Crippen LogP contribution in [-0.2, 0) is 14.4 Å². The molecule has 0 saturated carbocycles. The maximum Gasteiger partial charge on any atom is 0.334 e. The molecular formula is C10H13NO5. The molecule has 2 rings (SSSR count). The van der Waals surface area contributed by atoms with E-state index in [4.69, 9.17) is 5.11 Å². The Kier molecular flexibility index (Phi) is 2.27. The first-order valence-electron chi connectivity index (χ1n) is 5.14. The summed E-state index contributed by atoms with van der Waals surface area (Å²) in [5.74, 6) is -3.34. The van der Waals surface area contributed by atoms with Crippen LogP contribution < -0.4 is 0 Å². The highest BCUT2D eigenvalue weighted by Gasteiger charge is 2.64. The number of β-lactam (4-membered cyclic amide) rings is 1. The lowest BCUT2D eigenvalue weighted by Crippen LogP contribution is -2.65. The van der Waals surface area contributed by atoms with Gasteiger partial charge in [-0.15, -0.1) is 0 Å². The van der Waals surface area contributed by atoms with Crippen LogP contribution in [0.5, 0.6) is 0 Å². The third kappa shape index (κ3) is 1.13. The van der Waals surface area contributed by atoms with Gasteiger partial charge in [0.1, 0.15) is 0 Å². The van der Waals surface area contributed by atoms with Crippen molar-refractivity contribution < 1.29 is 24.6 Å². The van der Waals surface area contributed by atoms with Gasteiger partial charge in [-0.25, -0.2) is 4.79 Å². The summed E-state index contributed by atoms with van der Waals surface area (Å²) in [6, 6.07) is -1.82. The van der Waals surface area contributed by atoms with Crippen molar-refractivity contribution in [1.29, 1.82) is 0 Å². The summed E-state index contributed by atoms with van der Waals surface area (Å²) in [4.78, 5) is 35.3. The highest BCUT2D eigenvalue weighted by Crippen LogP contribution is 2.42. The third-order valence-electron chi connectivity index (χ3n) is 3.49. The average molecular weight is 227 g/mol. The van der Waals surface area contributed by atoms with Crippen LogP contribution in [0.15, 0.2) is 0 Å². The van der Waals surface area contributed by atoms with E-state index in [1.807, 2.05) is 0 Å². The molecule has 0 bridgehead atoms. The number of amides is 1. The minimum Gasteiger partial charge on any atom is -0.479 e. The number of carboxylic acid groups (broad SMARTS) is 1. The summed E-state index contributed by atoms with van der Waals surface area (Å²) in [6.07, 6.45) is -0.850. The highest BCUT2D eigenvalue weighted by molar-refractivity contribution is 6.11. The molecule has 2 fully saturated rings. The van der Waals surface area contributed by atoms with Gasteiger partial charge in [-0.1, -0.05) is 6.92 Å². The molecule has 2 aliphatic rings. The fourth-order valence-corrected chi connectivity index (χ4v) is 2.69. The summed E-state index contributed by atoms with van der Waals surface area (Å²) in [5.41, 5.74) is 0. The molecule has 6 heteroatoms. The van der Waals surface area contributed by atoms with Crippen molar-refractivity contribution in [2.45, 2.75) is 32.0 Å². The smallest absolute Gasteiger partial charge is 0.334 e. The maximum absolute atomic E-state index is 11.7. The normalized spacial score (nSPS) is 39.3. The fraction of sp³-hybridized carbons (Fsp3) is 0.700. The van der Waals surface area contributed by atoms with Gasteiger partial charge in [-0.05, 0) is 6.92 Å². The molecule has 6 nitrogen and oxygen atoms in total. The van der Waals surface area contributed by atoms with Crippen molar-refractivity contribution in [2.24, 2.45) is 11.8 Å². The Labute approximate surface area is 91.8 Å². The molecule has 88 valence electrons. The van der Waals surface area contributed by atoms with E-state index in [1.165, 1.54) is 6.92 Å². The van der Waals surface area contributed by atoms with Crippen LogP contribution in [0.25, 0.3) is 0 Å². The monoisotopic (exact) mass is 227 g/mol. The molecule has 0 aromatic heterocycles. The quantitative estimate of drug-likeness (QED) is 0.459. The summed E-state index contributed by atoms with van der Waals surface area (Å²) in [5, 5.41) is 18.3. The lowest BCUT2D eigenvalue weighted by molar-refractivity contribution is -0.171. The van der Waals surface area contributed by atoms with E-state index in [-0.39, 0.29) is 0 Å². The number of Topliss-reactive ketones (excluding diaryl/α,β-unsaturated/α-hetero) is 1. The first-order valence-corrected chi connectivity index (χ1v) is 5.14. The first-order chi connectivity index (χ1) is 7.37. The van der Waals surface area contributed by atoms with Crippen LogP contribution in [0.2, 0.25) is 0 Å². The second-order valence-corrected chi connectivity index (χ2v) is 4.43. The molecule has 1 unspecified atom stereocenters. The number of carboxylic acids is 1. The summed E-state index contributed by atoms with van der Waals surface area (Å²) in [7, 11) is 0. The van der Waals surface area contributed by atoms with E-state index < -0.39 is 47.7 Å². The van der Waals surface area contributed by atoms with E-state index in [9.17, 15) is 19.5 Å². The van der Waals surface area contributed by atoms with E-state index >= 15 is 0 Å². The number of carbonyl (C=O) groups excluding carboxylic acids is 2. The van der Waals surface area contributed by atoms with E-state index in [0.29, 0.717) is 0 Å². The van der Waals surface area contributed by atoms with Gasteiger partial charge in [0.25, 0.3) is 0 Å². The van der Waals surface area contributed by atoms with Crippen LogP contribution >= 0.6 is 0 Å². The SMILES string of the molecule is C[C@@H](O)[C@@H]1C(=O)N2C(C(=O)O)C(=O)[C@H](C)[C@H]12. The van der Waals surface area contributed by atoms with E-state index in [1.54, 1.807) is 6.92 Å². The number of carbonyl (C=O) groups is 3. The van der Waals surface area contributed by atoms with Crippen LogP contribution in [0, 0.1) is 11.8 Å². The van der Waals surface area contributed by atoms with E-state index in [0.717, 1.165) is 4.90 Å². The van der Waals surface area contributed by atoms with Gasteiger partial charge in [-0.3, -0.25) is 9.59 Å². The zero-order chi connectivity index (χ0) is 12.2. The Morgan fingerprint density at radius 1 is 1.44 bits per heavy atom. The predicted molar refractivity (Wildman–Crippen MR) is 51.4 cm³/mol. The van der Waals surface area contributed by atoms with Crippen molar-refractivity contribution in [3.63, 3.8) is 0 Å². The van der Waals surface area contributed by atoms with Crippen molar-refractivity contribution in [1.82, 2.24) is 4.90 Å². The minimum absolute atomic E-state index is 0.440. The van der Waals surface area contributed by atoms with Crippen molar-refractivity contribution in [3.05, 3.63) is 0 Å². The topological polar surface area (TPSA) is 94.9 Å². The Hall–Kier alpha value is -1.43. The van der Waals surface area contributed by atoms with Gasteiger partial charge in [0.15, 0.2) is 11.8 Å². The number of aliphatic carboxylic acids is 1. The van der Waals surface area contributed by atoms with Crippen molar-refractivity contribution >= 4 is 17.7 Å². The maximum atomic E-state index is 11.7. The van der Waals surface area contributed by atoms with Crippen LogP contribution in [-0.4, -0.2) is 51.0 Å². The Bertz CT molecular complexity index is 377. The predicted octanol–water partition coefficient (Wildman–Crippen LogP) is -1.13.